The van der Waals surface area contributed by atoms with Crippen molar-refractivity contribution < 1.29 is 13.2 Å². The molecule has 6 heteroatoms. The fourth-order valence-corrected chi connectivity index (χ4v) is 3.33. The van der Waals surface area contributed by atoms with E-state index in [-0.39, 0.29) is 18.4 Å². The van der Waals surface area contributed by atoms with Gasteiger partial charge in [0, 0.05) is 13.7 Å². The Hall–Kier alpha value is -2.20. The van der Waals surface area contributed by atoms with Gasteiger partial charge in [-0.25, -0.2) is 13.1 Å². The molecule has 0 unspecified atom stereocenters. The van der Waals surface area contributed by atoms with E-state index in [0.717, 1.165) is 5.56 Å². The predicted molar refractivity (Wildman–Crippen MR) is 88.0 cm³/mol. The zero-order valence-corrected chi connectivity index (χ0v) is 13.6. The van der Waals surface area contributed by atoms with E-state index in [1.165, 1.54) is 0 Å². The largest absolute Gasteiger partial charge is 0.375 e. The maximum absolute atomic E-state index is 12.2. The molecule has 2 aromatic carbocycles. The maximum atomic E-state index is 12.2. The molecule has 0 saturated carbocycles. The lowest BCUT2D eigenvalue weighted by molar-refractivity contribution is 0.107. The van der Waals surface area contributed by atoms with Gasteiger partial charge in [-0.1, -0.05) is 42.5 Å². The molecule has 2 rings (SSSR count). The molecule has 0 heterocycles. The van der Waals surface area contributed by atoms with Gasteiger partial charge >= 0.3 is 0 Å². The molecule has 0 radical (unpaired) electrons. The fourth-order valence-electron chi connectivity index (χ4n) is 2.21. The van der Waals surface area contributed by atoms with Crippen LogP contribution in [-0.4, -0.2) is 22.1 Å². The summed E-state index contributed by atoms with van der Waals surface area (Å²) < 4.78 is 32.3. The molecule has 5 nitrogen and oxygen atoms in total. The Morgan fingerprint density at radius 1 is 1.17 bits per heavy atom. The van der Waals surface area contributed by atoms with E-state index in [0.29, 0.717) is 11.1 Å². The van der Waals surface area contributed by atoms with Crippen LogP contribution in [0.5, 0.6) is 0 Å². The van der Waals surface area contributed by atoms with E-state index in [9.17, 15) is 8.42 Å². The number of nitrogens with zero attached hydrogens (tertiary/aromatic N) is 1. The van der Waals surface area contributed by atoms with E-state index < -0.39 is 10.0 Å². The van der Waals surface area contributed by atoms with Crippen LogP contribution in [0, 0.1) is 11.3 Å². The zero-order valence-electron chi connectivity index (χ0n) is 12.8. The maximum Gasteiger partial charge on any atom is 0.215 e. The number of ether oxygens (including phenoxy) is 1. The molecule has 1 atom stereocenters. The van der Waals surface area contributed by atoms with E-state index in [1.54, 1.807) is 31.4 Å². The first-order chi connectivity index (χ1) is 11.0. The van der Waals surface area contributed by atoms with Crippen molar-refractivity contribution in [1.82, 2.24) is 4.72 Å². The summed E-state index contributed by atoms with van der Waals surface area (Å²) in [7, 11) is -1.97. The summed E-state index contributed by atoms with van der Waals surface area (Å²) in [5.41, 5.74) is 1.92. The van der Waals surface area contributed by atoms with E-state index >= 15 is 0 Å². The third-order valence-corrected chi connectivity index (χ3v) is 4.68. The second kappa shape index (κ2) is 7.88. The fraction of sp³-hybridized carbons (Fsp3) is 0.235. The van der Waals surface area contributed by atoms with Gasteiger partial charge in [-0.2, -0.15) is 5.26 Å². The van der Waals surface area contributed by atoms with Crippen molar-refractivity contribution in [1.29, 1.82) is 5.26 Å². The predicted octanol–water partition coefficient (Wildman–Crippen LogP) is 2.37. The highest BCUT2D eigenvalue weighted by atomic mass is 32.2. The molecular weight excluding hydrogens is 312 g/mol. The molecular formula is C17H18N2O3S. The lowest BCUT2D eigenvalue weighted by atomic mass is 10.1. The normalized spacial score (nSPS) is 12.5. The van der Waals surface area contributed by atoms with Crippen molar-refractivity contribution in [2.45, 2.75) is 11.9 Å². The van der Waals surface area contributed by atoms with Gasteiger partial charge in [-0.05, 0) is 23.3 Å². The Kier molecular flexibility index (Phi) is 5.88. The van der Waals surface area contributed by atoms with Gasteiger partial charge in [0.2, 0.25) is 10.0 Å². The lowest BCUT2D eigenvalue weighted by Crippen LogP contribution is -2.30. The van der Waals surface area contributed by atoms with Crippen molar-refractivity contribution in [3.8, 4) is 6.07 Å². The summed E-state index contributed by atoms with van der Waals surface area (Å²) in [6, 6.07) is 18.0. The molecule has 2 aromatic rings. The first-order valence-corrected chi connectivity index (χ1v) is 8.73. The van der Waals surface area contributed by atoms with Crippen LogP contribution < -0.4 is 4.72 Å². The van der Waals surface area contributed by atoms with E-state index in [1.807, 2.05) is 36.4 Å². The van der Waals surface area contributed by atoms with Gasteiger partial charge < -0.3 is 4.74 Å². The molecule has 120 valence electrons. The number of nitriles is 1. The van der Waals surface area contributed by atoms with Crippen LogP contribution in [0.15, 0.2) is 54.6 Å². The monoisotopic (exact) mass is 330 g/mol. The second-order valence-electron chi connectivity index (χ2n) is 5.05. The van der Waals surface area contributed by atoms with Gasteiger partial charge in [0.1, 0.15) is 0 Å². The highest BCUT2D eigenvalue weighted by Crippen LogP contribution is 2.16. The number of benzene rings is 2. The van der Waals surface area contributed by atoms with Gasteiger partial charge in [0.15, 0.2) is 0 Å². The number of nitrogens with one attached hydrogen (secondary N) is 1. The molecule has 0 saturated heterocycles. The summed E-state index contributed by atoms with van der Waals surface area (Å²) >= 11 is 0. The third-order valence-electron chi connectivity index (χ3n) is 3.36. The molecule has 0 spiro atoms. The van der Waals surface area contributed by atoms with E-state index in [2.05, 4.69) is 4.72 Å². The van der Waals surface area contributed by atoms with Gasteiger partial charge in [-0.3, -0.25) is 0 Å². The summed E-state index contributed by atoms with van der Waals surface area (Å²) in [6.07, 6.45) is -0.351. The number of hydrogen-bond acceptors (Lipinski definition) is 4. The molecule has 0 amide bonds. The first-order valence-electron chi connectivity index (χ1n) is 7.08. The summed E-state index contributed by atoms with van der Waals surface area (Å²) in [4.78, 5) is 0. The zero-order chi connectivity index (χ0) is 16.7. The van der Waals surface area contributed by atoms with Crippen LogP contribution in [0.3, 0.4) is 0 Å². The standard InChI is InChI=1S/C17H18N2O3S/c1-22-17(16-8-3-2-4-9-16)12-19-23(20,21)13-15-7-5-6-14(10-15)11-18/h2-10,17,19H,12-13H2,1H3/t17-/m1/s1. The summed E-state index contributed by atoms with van der Waals surface area (Å²) in [5.74, 6) is -0.173. The number of rotatable bonds is 7. The Morgan fingerprint density at radius 2 is 1.91 bits per heavy atom. The minimum Gasteiger partial charge on any atom is -0.375 e. The summed E-state index contributed by atoms with van der Waals surface area (Å²) in [5, 5.41) is 8.86. The molecule has 0 aliphatic heterocycles. The quantitative estimate of drug-likeness (QED) is 0.845. The number of sulfonamides is 1. The molecule has 0 bridgehead atoms. The van der Waals surface area contributed by atoms with Crippen molar-refractivity contribution in [2.24, 2.45) is 0 Å². The van der Waals surface area contributed by atoms with Crippen LogP contribution in [0.4, 0.5) is 0 Å². The van der Waals surface area contributed by atoms with E-state index in [4.69, 9.17) is 10.00 Å². The minimum atomic E-state index is -3.51. The third kappa shape index (κ3) is 5.18. The number of hydrogen-bond donors (Lipinski definition) is 1. The van der Waals surface area contributed by atoms with Gasteiger partial charge in [0.05, 0.1) is 23.5 Å². The molecule has 0 fully saturated rings. The Morgan fingerprint density at radius 3 is 2.57 bits per heavy atom. The molecule has 0 aromatic heterocycles. The van der Waals surface area contributed by atoms with Crippen LogP contribution in [0.1, 0.15) is 22.8 Å². The molecule has 0 aliphatic rings. The van der Waals surface area contributed by atoms with Crippen molar-refractivity contribution in [3.05, 3.63) is 71.3 Å². The van der Waals surface area contributed by atoms with Gasteiger partial charge in [0.25, 0.3) is 0 Å². The van der Waals surface area contributed by atoms with Crippen LogP contribution in [0.2, 0.25) is 0 Å². The summed E-state index contributed by atoms with van der Waals surface area (Å²) in [6.45, 7) is 0.154. The number of methoxy groups -OCH3 is 1. The highest BCUT2D eigenvalue weighted by molar-refractivity contribution is 7.88. The average molecular weight is 330 g/mol. The van der Waals surface area contributed by atoms with Gasteiger partial charge in [-0.15, -0.1) is 0 Å². The van der Waals surface area contributed by atoms with Crippen molar-refractivity contribution >= 4 is 10.0 Å². The Bertz CT molecular complexity index is 783. The average Bonchev–Trinajstić information content (AvgIpc) is 2.56. The highest BCUT2D eigenvalue weighted by Gasteiger charge is 2.16. The smallest absolute Gasteiger partial charge is 0.215 e. The minimum absolute atomic E-state index is 0.154. The topological polar surface area (TPSA) is 79.2 Å². The van der Waals surface area contributed by atoms with Crippen molar-refractivity contribution in [3.63, 3.8) is 0 Å². The molecule has 1 N–H and O–H groups in total. The molecule has 23 heavy (non-hydrogen) atoms. The molecule has 0 aliphatic carbocycles. The van der Waals surface area contributed by atoms with Crippen LogP contribution in [-0.2, 0) is 20.5 Å². The van der Waals surface area contributed by atoms with Crippen LogP contribution >= 0.6 is 0 Å². The Balaban J connectivity index is 2.02. The second-order valence-corrected chi connectivity index (χ2v) is 6.86. The Labute approximate surface area is 136 Å². The SMILES string of the molecule is CO[C@H](CNS(=O)(=O)Cc1cccc(C#N)c1)c1ccccc1. The van der Waals surface area contributed by atoms with Crippen molar-refractivity contribution in [2.75, 3.05) is 13.7 Å². The lowest BCUT2D eigenvalue weighted by Gasteiger charge is -2.16. The first kappa shape index (κ1) is 17.2. The van der Waals surface area contributed by atoms with Crippen LogP contribution in [0.25, 0.3) is 0 Å².